The maximum atomic E-state index is 13.5. The minimum Gasteiger partial charge on any atom is -0.497 e. The van der Waals surface area contributed by atoms with E-state index in [2.05, 4.69) is 0 Å². The third-order valence-electron chi connectivity index (χ3n) is 5.32. The maximum Gasteiger partial charge on any atom is 0.245 e. The quantitative estimate of drug-likeness (QED) is 0.381. The Hall–Kier alpha value is -2.58. The van der Waals surface area contributed by atoms with E-state index in [1.807, 2.05) is 54.6 Å². The number of sulfonamides is 1. The van der Waals surface area contributed by atoms with Crippen LogP contribution in [0.5, 0.6) is 5.75 Å². The van der Waals surface area contributed by atoms with Crippen molar-refractivity contribution in [3.05, 3.63) is 94.0 Å². The van der Waals surface area contributed by atoms with Gasteiger partial charge < -0.3 is 9.64 Å². The Labute approximate surface area is 210 Å². The second-order valence-electron chi connectivity index (χ2n) is 7.75. The van der Waals surface area contributed by atoms with Gasteiger partial charge in [-0.2, -0.15) is 4.31 Å². The van der Waals surface area contributed by atoms with E-state index < -0.39 is 10.0 Å². The van der Waals surface area contributed by atoms with E-state index in [1.165, 1.54) is 23.1 Å². The number of halogens is 2. The Kier molecular flexibility index (Phi) is 8.97. The van der Waals surface area contributed by atoms with Crippen LogP contribution in [0.25, 0.3) is 0 Å². The van der Waals surface area contributed by atoms with Crippen LogP contribution >= 0.6 is 23.2 Å². The van der Waals surface area contributed by atoms with Crippen molar-refractivity contribution in [3.63, 3.8) is 0 Å². The number of rotatable bonds is 10. The number of likely N-dealkylation sites (N-methyl/N-ethyl adjacent to an activating group) is 1. The fourth-order valence-electron chi connectivity index (χ4n) is 3.36. The van der Waals surface area contributed by atoms with Gasteiger partial charge in [-0.25, -0.2) is 8.42 Å². The first-order valence-corrected chi connectivity index (χ1v) is 12.8. The molecule has 0 saturated heterocycles. The lowest BCUT2D eigenvalue weighted by Gasteiger charge is -2.25. The van der Waals surface area contributed by atoms with E-state index in [0.717, 1.165) is 15.4 Å². The van der Waals surface area contributed by atoms with Crippen molar-refractivity contribution < 1.29 is 17.9 Å². The fourth-order valence-corrected chi connectivity index (χ4v) is 5.49. The third kappa shape index (κ3) is 6.73. The lowest BCUT2D eigenvalue weighted by molar-refractivity contribution is -0.130. The Morgan fingerprint density at radius 2 is 1.62 bits per heavy atom. The van der Waals surface area contributed by atoms with Gasteiger partial charge >= 0.3 is 0 Å². The molecule has 0 spiro atoms. The van der Waals surface area contributed by atoms with E-state index in [4.69, 9.17) is 27.9 Å². The minimum absolute atomic E-state index is 0.0492. The molecule has 6 nitrogen and oxygen atoms in total. The van der Waals surface area contributed by atoms with Crippen LogP contribution in [0.4, 0.5) is 0 Å². The van der Waals surface area contributed by atoms with Gasteiger partial charge in [-0.05, 0) is 47.9 Å². The Balaban J connectivity index is 1.82. The molecule has 3 aromatic rings. The first-order chi connectivity index (χ1) is 16.2. The first-order valence-electron chi connectivity index (χ1n) is 10.6. The number of ether oxygens (including phenoxy) is 1. The summed E-state index contributed by atoms with van der Waals surface area (Å²) in [5, 5.41) is 0.294. The van der Waals surface area contributed by atoms with Crippen LogP contribution in [0, 0.1) is 0 Å². The van der Waals surface area contributed by atoms with Crippen LogP contribution in [0.15, 0.2) is 77.7 Å². The zero-order chi connectivity index (χ0) is 24.7. The Morgan fingerprint density at radius 3 is 2.26 bits per heavy atom. The summed E-state index contributed by atoms with van der Waals surface area (Å²) in [6.45, 7) is 0.106. The van der Waals surface area contributed by atoms with Crippen LogP contribution < -0.4 is 4.74 Å². The van der Waals surface area contributed by atoms with Crippen LogP contribution in [0.3, 0.4) is 0 Å². The number of nitrogens with zero attached hydrogens (tertiary/aromatic N) is 2. The van der Waals surface area contributed by atoms with Gasteiger partial charge in [0.15, 0.2) is 0 Å². The van der Waals surface area contributed by atoms with E-state index in [0.29, 0.717) is 18.7 Å². The van der Waals surface area contributed by atoms with Crippen molar-refractivity contribution in [2.45, 2.75) is 17.9 Å². The van der Waals surface area contributed by atoms with Gasteiger partial charge in [0.05, 0.1) is 18.7 Å². The lowest BCUT2D eigenvalue weighted by atomic mass is 10.1. The Morgan fingerprint density at radius 1 is 0.941 bits per heavy atom. The summed E-state index contributed by atoms with van der Waals surface area (Å²) in [7, 11) is -0.857. The molecule has 3 aromatic carbocycles. The van der Waals surface area contributed by atoms with Crippen LogP contribution in [-0.4, -0.2) is 50.8 Å². The largest absolute Gasteiger partial charge is 0.497 e. The molecule has 34 heavy (non-hydrogen) atoms. The molecule has 3 rings (SSSR count). The van der Waals surface area contributed by atoms with Crippen molar-refractivity contribution in [1.82, 2.24) is 9.21 Å². The van der Waals surface area contributed by atoms with Crippen LogP contribution in [-0.2, 0) is 27.8 Å². The average molecular weight is 521 g/mol. The van der Waals surface area contributed by atoms with E-state index >= 15 is 0 Å². The summed E-state index contributed by atoms with van der Waals surface area (Å²) < 4.78 is 33.3. The SMILES string of the molecule is COc1ccc(CN(C)C(=O)CN(CCc2ccccc2)S(=O)(=O)c2cc(Cl)ccc2Cl)cc1. The zero-order valence-electron chi connectivity index (χ0n) is 18.9. The summed E-state index contributed by atoms with van der Waals surface area (Å²) in [4.78, 5) is 14.4. The predicted molar refractivity (Wildman–Crippen MR) is 135 cm³/mol. The number of hydrogen-bond acceptors (Lipinski definition) is 4. The molecular formula is C25H26Cl2N2O4S. The minimum atomic E-state index is -4.08. The van der Waals surface area contributed by atoms with Crippen molar-refractivity contribution in [1.29, 1.82) is 0 Å². The molecular weight excluding hydrogens is 495 g/mol. The van der Waals surface area contributed by atoms with Gasteiger partial charge in [-0.15, -0.1) is 0 Å². The molecule has 0 aliphatic heterocycles. The highest BCUT2D eigenvalue weighted by molar-refractivity contribution is 7.89. The second kappa shape index (κ2) is 11.7. The molecule has 0 bridgehead atoms. The molecule has 0 N–H and O–H groups in total. The van der Waals surface area contributed by atoms with Gasteiger partial charge in [0.1, 0.15) is 10.6 Å². The molecule has 1 amide bonds. The van der Waals surface area contributed by atoms with Crippen molar-refractivity contribution >= 4 is 39.1 Å². The standard InChI is InChI=1S/C25H26Cl2N2O4S/c1-28(17-20-8-11-22(33-2)12-9-20)25(30)18-29(15-14-19-6-4-3-5-7-19)34(31,32)24-16-21(26)10-13-23(24)27/h3-13,16H,14-15,17-18H2,1-2H3. The molecule has 0 saturated carbocycles. The van der Waals surface area contributed by atoms with Gasteiger partial charge in [0.25, 0.3) is 0 Å². The van der Waals surface area contributed by atoms with E-state index in [1.54, 1.807) is 14.2 Å². The third-order valence-corrected chi connectivity index (χ3v) is 7.88. The van der Waals surface area contributed by atoms with Crippen LogP contribution in [0.2, 0.25) is 10.0 Å². The number of carbonyl (C=O) groups excluding carboxylic acids is 1. The summed E-state index contributed by atoms with van der Waals surface area (Å²) in [6.07, 6.45) is 0.438. The highest BCUT2D eigenvalue weighted by atomic mass is 35.5. The lowest BCUT2D eigenvalue weighted by Crippen LogP contribution is -2.42. The second-order valence-corrected chi connectivity index (χ2v) is 10.5. The van der Waals surface area contributed by atoms with E-state index in [-0.39, 0.29) is 33.9 Å². The van der Waals surface area contributed by atoms with E-state index in [9.17, 15) is 13.2 Å². The maximum absolute atomic E-state index is 13.5. The summed E-state index contributed by atoms with van der Waals surface area (Å²) in [6, 6.07) is 21.1. The summed E-state index contributed by atoms with van der Waals surface area (Å²) in [5.74, 6) is 0.375. The molecule has 180 valence electrons. The van der Waals surface area contributed by atoms with Gasteiger partial charge in [0.2, 0.25) is 15.9 Å². The monoisotopic (exact) mass is 520 g/mol. The summed E-state index contributed by atoms with van der Waals surface area (Å²) >= 11 is 12.2. The highest BCUT2D eigenvalue weighted by Crippen LogP contribution is 2.28. The van der Waals surface area contributed by atoms with Crippen molar-refractivity contribution in [2.75, 3.05) is 27.2 Å². The van der Waals surface area contributed by atoms with Gasteiger partial charge in [-0.1, -0.05) is 65.7 Å². The molecule has 9 heteroatoms. The average Bonchev–Trinajstić information content (AvgIpc) is 2.84. The zero-order valence-corrected chi connectivity index (χ0v) is 21.3. The van der Waals surface area contributed by atoms with Crippen LogP contribution in [0.1, 0.15) is 11.1 Å². The topological polar surface area (TPSA) is 66.9 Å². The molecule has 0 aromatic heterocycles. The molecule has 0 aliphatic rings. The molecule has 0 atom stereocenters. The summed E-state index contributed by atoms with van der Waals surface area (Å²) in [5.41, 5.74) is 1.85. The van der Waals surface area contributed by atoms with Gasteiger partial charge in [0, 0.05) is 25.2 Å². The Bertz CT molecular complexity index is 1220. The molecule has 0 radical (unpaired) electrons. The number of hydrogen-bond donors (Lipinski definition) is 0. The molecule has 0 aliphatic carbocycles. The normalized spacial score (nSPS) is 11.4. The molecule has 0 heterocycles. The number of benzene rings is 3. The molecule has 0 fully saturated rings. The number of methoxy groups -OCH3 is 1. The smallest absolute Gasteiger partial charge is 0.245 e. The molecule has 0 unspecified atom stereocenters. The number of amides is 1. The fraction of sp³-hybridized carbons (Fsp3) is 0.240. The van der Waals surface area contributed by atoms with Crippen molar-refractivity contribution in [2.24, 2.45) is 0 Å². The van der Waals surface area contributed by atoms with Crippen molar-refractivity contribution in [3.8, 4) is 5.75 Å². The predicted octanol–water partition coefficient (Wildman–Crippen LogP) is 4.89. The highest BCUT2D eigenvalue weighted by Gasteiger charge is 2.29. The first kappa shape index (κ1) is 26.0. The number of carbonyl (C=O) groups is 1. The van der Waals surface area contributed by atoms with Gasteiger partial charge in [-0.3, -0.25) is 4.79 Å².